The van der Waals surface area contributed by atoms with Crippen LogP contribution in [0.25, 0.3) is 0 Å². The number of rotatable bonds is 34. The molecule has 0 aliphatic carbocycles. The van der Waals surface area contributed by atoms with Crippen LogP contribution in [0.2, 0.25) is 0 Å². The molecule has 1 atom stereocenters. The van der Waals surface area contributed by atoms with Crippen molar-refractivity contribution in [1.29, 1.82) is 0 Å². The van der Waals surface area contributed by atoms with Crippen LogP contribution >= 0.6 is 0 Å². The van der Waals surface area contributed by atoms with E-state index in [4.69, 9.17) is 4.74 Å². The number of carboxylic acids is 2. The Morgan fingerprint density at radius 1 is 0.489 bits per heavy atom. The van der Waals surface area contributed by atoms with Crippen molar-refractivity contribution in [2.24, 2.45) is 0 Å². The van der Waals surface area contributed by atoms with Crippen LogP contribution < -0.4 is 113 Å². The molecule has 1 unspecified atom stereocenters. The summed E-state index contributed by atoms with van der Waals surface area (Å²) in [4.78, 5) is 33.2. The van der Waals surface area contributed by atoms with Gasteiger partial charge in [-0.1, -0.05) is 180 Å². The molecule has 7 nitrogen and oxygen atoms in total. The number of carbonyl (C=O) groups excluding carboxylic acids is 3. The molecule has 0 fully saturated rings. The average molecular weight is 689 g/mol. The number of ether oxygens (including phenoxy) is 1. The maximum absolute atomic E-state index is 11.7. The molecule has 0 aromatic carbocycles. The fourth-order valence-corrected chi connectivity index (χ4v) is 5.69. The van der Waals surface area contributed by atoms with Crippen LogP contribution in [0.1, 0.15) is 200 Å². The summed E-state index contributed by atoms with van der Waals surface area (Å²) in [6.45, 7) is 2.40. The van der Waals surface area contributed by atoms with Crippen LogP contribution in [0.15, 0.2) is 0 Å². The van der Waals surface area contributed by atoms with Gasteiger partial charge in [0.25, 0.3) is 0 Å². The van der Waals surface area contributed by atoms with Gasteiger partial charge in [0.05, 0.1) is 19.0 Å². The molecule has 0 aliphatic rings. The quantitative estimate of drug-likeness (QED) is 0.0617. The van der Waals surface area contributed by atoms with Crippen LogP contribution in [-0.4, -0.2) is 35.2 Å². The third kappa shape index (κ3) is 36.7. The predicted molar refractivity (Wildman–Crippen MR) is 170 cm³/mol. The summed E-state index contributed by atoms with van der Waals surface area (Å²) in [5, 5.41) is 31.3. The van der Waals surface area contributed by atoms with Gasteiger partial charge in [0.1, 0.15) is 5.60 Å². The zero-order valence-corrected chi connectivity index (χ0v) is 36.1. The van der Waals surface area contributed by atoms with Crippen molar-refractivity contribution in [3.05, 3.63) is 0 Å². The van der Waals surface area contributed by atoms with Crippen molar-refractivity contribution >= 4 is 17.9 Å². The van der Waals surface area contributed by atoms with Crippen LogP contribution in [0.4, 0.5) is 0 Å². The van der Waals surface area contributed by atoms with Gasteiger partial charge in [0.15, 0.2) is 0 Å². The van der Waals surface area contributed by atoms with E-state index in [-0.39, 0.29) is 109 Å². The Hall–Kier alpha value is 1.64. The van der Waals surface area contributed by atoms with Gasteiger partial charge in [0, 0.05) is 12.4 Å². The van der Waals surface area contributed by atoms with Gasteiger partial charge in [-0.05, 0) is 6.42 Å². The van der Waals surface area contributed by atoms with Gasteiger partial charge < -0.3 is 29.6 Å². The van der Waals surface area contributed by atoms with E-state index in [2.05, 4.69) is 6.92 Å². The third-order valence-electron chi connectivity index (χ3n) is 8.51. The monoisotopic (exact) mass is 688 g/mol. The Bertz CT molecular complexity index is 678. The van der Waals surface area contributed by atoms with Gasteiger partial charge >= 0.3 is 109 Å². The SMILES string of the molecule is CCCCCCCCCCCCCCCCCCCCCCCCCCCCCCOC(=O)CC(O)(CC(=O)[O-])C(=O)[O-].[K+].[K+]. The van der Waals surface area contributed by atoms with Gasteiger partial charge in [-0.15, -0.1) is 0 Å². The van der Waals surface area contributed by atoms with Crippen LogP contribution in [-0.2, 0) is 19.1 Å². The minimum absolute atomic E-state index is 0. The molecule has 1 N–H and O–H groups in total. The van der Waals surface area contributed by atoms with Gasteiger partial charge in [-0.3, -0.25) is 4.79 Å². The molecule has 0 aromatic rings. The van der Waals surface area contributed by atoms with Gasteiger partial charge in [-0.25, -0.2) is 0 Å². The minimum atomic E-state index is -2.80. The second kappa shape index (κ2) is 38.4. The molecule has 0 aromatic heterocycles. The number of hydrogen-bond acceptors (Lipinski definition) is 7. The molecule has 9 heteroatoms. The van der Waals surface area contributed by atoms with E-state index in [1.165, 1.54) is 154 Å². The fraction of sp³-hybridized carbons (Fsp3) is 0.917. The molecule has 0 aliphatic heterocycles. The Balaban J connectivity index is -0.00000882. The molecule has 0 saturated heterocycles. The number of aliphatic carboxylic acids is 2. The maximum Gasteiger partial charge on any atom is 1.00 e. The number of esters is 1. The standard InChI is InChI=1S/C36H68O7.2K/c1-2-3-4-5-6-7-8-9-10-11-12-13-14-15-16-17-18-19-20-21-22-23-24-25-26-27-28-29-30-43-34(39)32-36(42,35(40)41)31-33(37)38;;/h42H,2-32H2,1H3,(H,37,38)(H,40,41);;/q;2*+1/p-2. The molecular formula is C36H66K2O7. The molecule has 0 radical (unpaired) electrons. The van der Waals surface area contributed by atoms with Crippen molar-refractivity contribution in [3.8, 4) is 0 Å². The van der Waals surface area contributed by atoms with Gasteiger partial charge in [0.2, 0.25) is 0 Å². The van der Waals surface area contributed by atoms with E-state index in [0.717, 1.165) is 19.3 Å². The third-order valence-corrected chi connectivity index (χ3v) is 8.51. The van der Waals surface area contributed by atoms with E-state index in [1.807, 2.05) is 0 Å². The predicted octanol–water partition coefficient (Wildman–Crippen LogP) is 1.49. The van der Waals surface area contributed by atoms with Crippen LogP contribution in [0.5, 0.6) is 0 Å². The number of carboxylic acid groups (broad SMARTS) is 2. The Labute approximate surface area is 361 Å². The summed E-state index contributed by atoms with van der Waals surface area (Å²) in [7, 11) is 0. The molecule has 0 amide bonds. The average Bonchev–Trinajstić information content (AvgIpc) is 2.95. The first-order valence-corrected chi connectivity index (χ1v) is 18.1. The Kier molecular flexibility index (Phi) is 43.6. The molecular weight excluding hydrogens is 623 g/mol. The molecule has 0 heterocycles. The molecule has 0 rings (SSSR count). The number of carbonyl (C=O) groups is 3. The molecule has 254 valence electrons. The summed E-state index contributed by atoms with van der Waals surface area (Å²) >= 11 is 0. The van der Waals surface area contributed by atoms with E-state index < -0.39 is 36.4 Å². The zero-order chi connectivity index (χ0) is 31.9. The molecule has 0 bridgehead atoms. The summed E-state index contributed by atoms with van der Waals surface area (Å²) in [6.07, 6.45) is 35.0. The summed E-state index contributed by atoms with van der Waals surface area (Å²) in [5.74, 6) is -4.77. The zero-order valence-electron chi connectivity index (χ0n) is 29.8. The van der Waals surface area contributed by atoms with Crippen LogP contribution in [0, 0.1) is 0 Å². The normalized spacial score (nSPS) is 12.1. The van der Waals surface area contributed by atoms with Crippen molar-refractivity contribution in [1.82, 2.24) is 0 Å². The fourth-order valence-electron chi connectivity index (χ4n) is 5.69. The van der Waals surface area contributed by atoms with Crippen molar-refractivity contribution in [2.45, 2.75) is 205 Å². The first kappa shape index (κ1) is 51.0. The largest absolute Gasteiger partial charge is 1.00 e. The smallest absolute Gasteiger partial charge is 0.550 e. The summed E-state index contributed by atoms with van der Waals surface area (Å²) in [6, 6.07) is 0. The van der Waals surface area contributed by atoms with E-state index in [0.29, 0.717) is 6.42 Å². The molecule has 0 spiro atoms. The molecule has 45 heavy (non-hydrogen) atoms. The second-order valence-corrected chi connectivity index (χ2v) is 12.8. The second-order valence-electron chi connectivity index (χ2n) is 12.8. The first-order chi connectivity index (χ1) is 20.8. The van der Waals surface area contributed by atoms with Gasteiger partial charge in [-0.2, -0.15) is 0 Å². The minimum Gasteiger partial charge on any atom is -0.550 e. The van der Waals surface area contributed by atoms with Crippen molar-refractivity contribution < 1.29 is 137 Å². The van der Waals surface area contributed by atoms with Crippen molar-refractivity contribution in [3.63, 3.8) is 0 Å². The number of unbranched alkanes of at least 4 members (excludes halogenated alkanes) is 27. The van der Waals surface area contributed by atoms with E-state index >= 15 is 0 Å². The van der Waals surface area contributed by atoms with E-state index in [1.54, 1.807) is 0 Å². The Morgan fingerprint density at radius 3 is 1.00 bits per heavy atom. The topological polar surface area (TPSA) is 127 Å². The van der Waals surface area contributed by atoms with E-state index in [9.17, 15) is 29.7 Å². The Morgan fingerprint density at radius 2 is 0.756 bits per heavy atom. The maximum atomic E-state index is 11.7. The summed E-state index contributed by atoms with van der Waals surface area (Å²) < 4.78 is 4.93. The molecule has 0 saturated carbocycles. The summed E-state index contributed by atoms with van der Waals surface area (Å²) in [5.41, 5.74) is -2.80. The number of aliphatic hydroxyl groups is 1. The first-order valence-electron chi connectivity index (χ1n) is 18.1. The van der Waals surface area contributed by atoms with Crippen LogP contribution in [0.3, 0.4) is 0 Å². The number of hydrogen-bond donors (Lipinski definition) is 1. The van der Waals surface area contributed by atoms with Crippen molar-refractivity contribution in [2.75, 3.05) is 6.61 Å².